The van der Waals surface area contributed by atoms with E-state index in [1.54, 1.807) is 30.4 Å². The molecule has 1 aliphatic heterocycles. The van der Waals surface area contributed by atoms with Crippen molar-refractivity contribution >= 4 is 23.4 Å². The molecule has 6 heteroatoms. The van der Waals surface area contributed by atoms with Crippen LogP contribution in [0.4, 0.5) is 5.69 Å². The number of anilines is 1. The molecule has 2 heterocycles. The van der Waals surface area contributed by atoms with Crippen LogP contribution < -0.4 is 10.6 Å². The van der Waals surface area contributed by atoms with E-state index in [9.17, 15) is 9.59 Å². The molecule has 1 amide bonds. The number of benzene rings is 2. The van der Waals surface area contributed by atoms with E-state index in [0.29, 0.717) is 16.8 Å². The number of hydrogen-bond acceptors (Lipinski definition) is 3. The number of H-pyrrole nitrogens is 1. The number of rotatable bonds is 5. The van der Waals surface area contributed by atoms with Crippen molar-refractivity contribution in [2.45, 2.75) is 27.7 Å². The van der Waals surface area contributed by atoms with Gasteiger partial charge in [0.25, 0.3) is 11.5 Å². The molecule has 1 aromatic heterocycles. The highest BCUT2D eigenvalue weighted by Gasteiger charge is 2.27. The molecule has 0 aliphatic carbocycles. The van der Waals surface area contributed by atoms with E-state index >= 15 is 0 Å². The van der Waals surface area contributed by atoms with Crippen LogP contribution >= 0.6 is 0 Å². The summed E-state index contributed by atoms with van der Waals surface area (Å²) in [4.78, 5) is 25.6. The van der Waals surface area contributed by atoms with Crippen molar-refractivity contribution in [3.8, 4) is 5.69 Å². The maximum absolute atomic E-state index is 12.8. The zero-order valence-electron chi connectivity index (χ0n) is 19.2. The fraction of sp³-hybridized carbons (Fsp3) is 0.148. The van der Waals surface area contributed by atoms with Gasteiger partial charge in [0.15, 0.2) is 0 Å². The Hall–Kier alpha value is -4.19. The van der Waals surface area contributed by atoms with Crippen LogP contribution in [0.2, 0.25) is 0 Å². The third-order valence-electron chi connectivity index (χ3n) is 5.50. The van der Waals surface area contributed by atoms with Gasteiger partial charge in [0.2, 0.25) is 0 Å². The van der Waals surface area contributed by atoms with Crippen molar-refractivity contribution in [2.75, 3.05) is 5.01 Å². The fourth-order valence-corrected chi connectivity index (χ4v) is 3.57. The summed E-state index contributed by atoms with van der Waals surface area (Å²) in [7, 11) is 0. The van der Waals surface area contributed by atoms with Crippen LogP contribution in [0.15, 0.2) is 88.3 Å². The second kappa shape index (κ2) is 9.12. The monoisotopic (exact) mass is 438 g/mol. The van der Waals surface area contributed by atoms with Gasteiger partial charge < -0.3 is 0 Å². The van der Waals surface area contributed by atoms with Gasteiger partial charge >= 0.3 is 0 Å². The molecule has 0 unspecified atom stereocenters. The van der Waals surface area contributed by atoms with Gasteiger partial charge in [0.05, 0.1) is 28.2 Å². The Labute approximate surface area is 192 Å². The van der Waals surface area contributed by atoms with E-state index in [4.69, 9.17) is 0 Å². The van der Waals surface area contributed by atoms with Gasteiger partial charge in [-0.1, -0.05) is 53.6 Å². The Morgan fingerprint density at radius 3 is 2.03 bits per heavy atom. The highest BCUT2D eigenvalue weighted by molar-refractivity contribution is 6.29. The standard InChI is InChI=1S/C27H26N4O2/c1-18-10-14-22(15-11-18)30-26(32)24(20(3)28-30)8-6-5-7-9-25-21(4)29-31(27(25)33)23-16-12-19(2)13-17-23/h5-17,28H,1-4H3. The second-order valence-electron chi connectivity index (χ2n) is 8.09. The van der Waals surface area contributed by atoms with E-state index < -0.39 is 0 Å². The Morgan fingerprint density at radius 1 is 0.788 bits per heavy atom. The average molecular weight is 439 g/mol. The van der Waals surface area contributed by atoms with Crippen molar-refractivity contribution in [3.63, 3.8) is 0 Å². The molecular weight excluding hydrogens is 412 g/mol. The van der Waals surface area contributed by atoms with Crippen LogP contribution in [-0.4, -0.2) is 21.4 Å². The molecule has 1 N–H and O–H groups in total. The number of allylic oxidation sites excluding steroid dienone is 4. The first-order valence-electron chi connectivity index (χ1n) is 10.8. The third-order valence-corrected chi connectivity index (χ3v) is 5.50. The van der Waals surface area contributed by atoms with Gasteiger partial charge in [-0.25, -0.2) is 4.68 Å². The van der Waals surface area contributed by atoms with Gasteiger partial charge in [-0.3, -0.25) is 14.7 Å². The van der Waals surface area contributed by atoms with Gasteiger partial charge in [-0.2, -0.15) is 10.1 Å². The summed E-state index contributed by atoms with van der Waals surface area (Å²) >= 11 is 0. The Balaban J connectivity index is 1.49. The molecule has 0 saturated heterocycles. The van der Waals surface area contributed by atoms with E-state index in [-0.39, 0.29) is 11.5 Å². The number of aromatic nitrogens is 2. The van der Waals surface area contributed by atoms with Crippen molar-refractivity contribution in [3.05, 3.63) is 111 Å². The highest BCUT2D eigenvalue weighted by Crippen LogP contribution is 2.23. The Bertz CT molecular complexity index is 1360. The van der Waals surface area contributed by atoms with Crippen LogP contribution in [0.3, 0.4) is 0 Å². The lowest BCUT2D eigenvalue weighted by molar-refractivity contribution is -0.114. The predicted octanol–water partition coefficient (Wildman–Crippen LogP) is 5.01. The summed E-state index contributed by atoms with van der Waals surface area (Å²) in [5, 5.41) is 8.93. The quantitative estimate of drug-likeness (QED) is 0.449. The summed E-state index contributed by atoms with van der Waals surface area (Å²) in [5.41, 5.74) is 6.27. The SMILES string of the molecule is CC1=NN(c2ccc(C)cc2)C(=O)C1=CC=CC=Cc1c(C)[nH]n(-c2ccc(C)cc2)c1=O. The number of hydrazone groups is 1. The molecule has 6 nitrogen and oxygen atoms in total. The summed E-state index contributed by atoms with van der Waals surface area (Å²) in [6.45, 7) is 7.70. The summed E-state index contributed by atoms with van der Waals surface area (Å²) in [6.07, 6.45) is 8.88. The Morgan fingerprint density at radius 2 is 1.39 bits per heavy atom. The Kier molecular flexibility index (Phi) is 6.09. The number of nitrogens with zero attached hydrogens (tertiary/aromatic N) is 3. The number of amides is 1. The second-order valence-corrected chi connectivity index (χ2v) is 8.09. The number of aryl methyl sites for hydroxylation is 3. The maximum atomic E-state index is 12.8. The van der Waals surface area contributed by atoms with Crippen LogP contribution in [0.25, 0.3) is 11.8 Å². The lowest BCUT2D eigenvalue weighted by Crippen LogP contribution is -2.21. The molecule has 0 radical (unpaired) electrons. The molecule has 2 aromatic carbocycles. The van der Waals surface area contributed by atoms with Crippen LogP contribution in [0, 0.1) is 20.8 Å². The number of aromatic amines is 1. The average Bonchev–Trinajstić information content (AvgIpc) is 3.24. The van der Waals surface area contributed by atoms with Crippen LogP contribution in [0.5, 0.6) is 0 Å². The van der Waals surface area contributed by atoms with Gasteiger partial charge in [0, 0.05) is 5.69 Å². The number of nitrogens with one attached hydrogen (secondary N) is 1. The maximum Gasteiger partial charge on any atom is 0.280 e. The van der Waals surface area contributed by atoms with E-state index in [1.165, 1.54) is 9.69 Å². The lowest BCUT2D eigenvalue weighted by Gasteiger charge is -2.11. The molecule has 0 atom stereocenters. The third kappa shape index (κ3) is 4.55. The lowest BCUT2D eigenvalue weighted by atomic mass is 10.1. The van der Waals surface area contributed by atoms with Gasteiger partial charge in [-0.05, 0) is 64.1 Å². The van der Waals surface area contributed by atoms with Crippen molar-refractivity contribution in [1.29, 1.82) is 0 Å². The fourth-order valence-electron chi connectivity index (χ4n) is 3.57. The van der Waals surface area contributed by atoms with Crippen LogP contribution in [0.1, 0.15) is 29.3 Å². The highest BCUT2D eigenvalue weighted by atomic mass is 16.2. The predicted molar refractivity (Wildman–Crippen MR) is 134 cm³/mol. The molecule has 0 saturated carbocycles. The van der Waals surface area contributed by atoms with Crippen LogP contribution in [-0.2, 0) is 4.79 Å². The molecule has 0 bridgehead atoms. The van der Waals surface area contributed by atoms with E-state index in [2.05, 4.69) is 10.2 Å². The van der Waals surface area contributed by atoms with Gasteiger partial charge in [0.1, 0.15) is 0 Å². The van der Waals surface area contributed by atoms with E-state index in [1.807, 2.05) is 76.2 Å². The normalized spacial score (nSPS) is 15.4. The topological polar surface area (TPSA) is 70.5 Å². The van der Waals surface area contributed by atoms with Crippen molar-refractivity contribution < 1.29 is 4.79 Å². The smallest absolute Gasteiger partial charge is 0.280 e. The summed E-state index contributed by atoms with van der Waals surface area (Å²) in [5.74, 6) is -0.160. The molecule has 0 fully saturated rings. The summed E-state index contributed by atoms with van der Waals surface area (Å²) < 4.78 is 1.54. The number of carbonyl (C=O) groups excluding carboxylic acids is 1. The number of hydrogen-bond donors (Lipinski definition) is 1. The molecule has 4 rings (SSSR count). The minimum atomic E-state index is -0.160. The van der Waals surface area contributed by atoms with Gasteiger partial charge in [-0.15, -0.1) is 0 Å². The van der Waals surface area contributed by atoms with E-state index in [0.717, 1.165) is 28.2 Å². The zero-order chi connectivity index (χ0) is 23.5. The molecule has 3 aromatic rings. The molecule has 1 aliphatic rings. The molecular formula is C27H26N4O2. The van der Waals surface area contributed by atoms with Crippen molar-refractivity contribution in [2.24, 2.45) is 5.10 Å². The molecule has 0 spiro atoms. The first-order chi connectivity index (χ1) is 15.8. The van der Waals surface area contributed by atoms with Crippen molar-refractivity contribution in [1.82, 2.24) is 9.78 Å². The molecule has 33 heavy (non-hydrogen) atoms. The summed E-state index contributed by atoms with van der Waals surface area (Å²) in [6, 6.07) is 15.4. The first kappa shape index (κ1) is 22.0. The zero-order valence-corrected chi connectivity index (χ0v) is 19.2. The first-order valence-corrected chi connectivity index (χ1v) is 10.8. The molecule has 166 valence electrons. The minimum Gasteiger partial charge on any atom is -0.295 e. The minimum absolute atomic E-state index is 0.109. The largest absolute Gasteiger partial charge is 0.295 e. The number of carbonyl (C=O) groups is 1.